The standard InChI is InChI=1S/C16H10ClNO6/c1-23-12-4-2-8(6-11(12)16(19)20)14-10-7-9(17)3-5-13(10)24-15(14)18(21)22/h2-7H,1H3,(H,19,20). The smallest absolute Gasteiger partial charge is 0.442 e. The lowest BCUT2D eigenvalue weighted by molar-refractivity contribution is -0.400. The molecule has 0 aliphatic carbocycles. The first-order valence-electron chi connectivity index (χ1n) is 6.70. The number of nitro groups is 1. The van der Waals surface area contributed by atoms with Crippen molar-refractivity contribution < 1.29 is 24.0 Å². The number of ether oxygens (including phenoxy) is 1. The number of hydrogen-bond acceptors (Lipinski definition) is 5. The molecule has 0 spiro atoms. The van der Waals surface area contributed by atoms with Crippen LogP contribution < -0.4 is 4.74 Å². The van der Waals surface area contributed by atoms with Gasteiger partial charge in [-0.1, -0.05) is 17.7 Å². The SMILES string of the molecule is COc1ccc(-c2c([N+](=O)[O-])oc3ccc(Cl)cc23)cc1C(=O)O. The fourth-order valence-electron chi connectivity index (χ4n) is 2.50. The van der Waals surface area contributed by atoms with E-state index in [1.54, 1.807) is 6.07 Å². The van der Waals surface area contributed by atoms with Gasteiger partial charge in [0, 0.05) is 10.4 Å². The Kier molecular flexibility index (Phi) is 3.86. The molecule has 3 rings (SSSR count). The van der Waals surface area contributed by atoms with Crippen LogP contribution in [-0.4, -0.2) is 23.1 Å². The number of nitrogens with zero attached hydrogens (tertiary/aromatic N) is 1. The second-order valence-electron chi connectivity index (χ2n) is 4.90. The predicted octanol–water partition coefficient (Wildman–Crippen LogP) is 4.37. The van der Waals surface area contributed by atoms with Gasteiger partial charge < -0.3 is 14.3 Å². The van der Waals surface area contributed by atoms with Crippen molar-refractivity contribution in [2.45, 2.75) is 0 Å². The summed E-state index contributed by atoms with van der Waals surface area (Å²) in [5, 5.41) is 21.4. The Labute approximate surface area is 140 Å². The number of hydrogen-bond donors (Lipinski definition) is 1. The Bertz CT molecular complexity index is 978. The predicted molar refractivity (Wildman–Crippen MR) is 86.8 cm³/mol. The summed E-state index contributed by atoms with van der Waals surface area (Å²) in [4.78, 5) is 22.1. The zero-order valence-corrected chi connectivity index (χ0v) is 13.0. The van der Waals surface area contributed by atoms with E-state index in [1.807, 2.05) is 0 Å². The number of halogens is 1. The van der Waals surface area contributed by atoms with Gasteiger partial charge in [-0.25, -0.2) is 4.79 Å². The highest BCUT2D eigenvalue weighted by molar-refractivity contribution is 6.31. The molecule has 1 aromatic heterocycles. The summed E-state index contributed by atoms with van der Waals surface area (Å²) in [6.07, 6.45) is 0. The minimum Gasteiger partial charge on any atom is -0.496 e. The molecular formula is C16H10ClNO6. The molecule has 0 fully saturated rings. The number of carboxylic acid groups (broad SMARTS) is 1. The first kappa shape index (κ1) is 15.8. The number of carbonyl (C=O) groups is 1. The van der Waals surface area contributed by atoms with Crippen LogP contribution in [0, 0.1) is 10.1 Å². The molecule has 0 radical (unpaired) electrons. The van der Waals surface area contributed by atoms with Gasteiger partial charge in [-0.15, -0.1) is 0 Å². The first-order chi connectivity index (χ1) is 11.4. The molecule has 0 aliphatic rings. The highest BCUT2D eigenvalue weighted by Crippen LogP contribution is 2.41. The average molecular weight is 348 g/mol. The molecule has 3 aromatic rings. The molecule has 0 unspecified atom stereocenters. The van der Waals surface area contributed by atoms with Gasteiger partial charge in [0.05, 0.1) is 7.11 Å². The third kappa shape index (κ3) is 2.55. The third-order valence-corrected chi connectivity index (χ3v) is 3.75. The molecule has 0 saturated heterocycles. The molecule has 8 heteroatoms. The maximum atomic E-state index is 11.4. The van der Waals surface area contributed by atoms with Gasteiger partial charge in [0.2, 0.25) is 0 Å². The number of carboxylic acids is 1. The van der Waals surface area contributed by atoms with E-state index in [0.717, 1.165) is 0 Å². The van der Waals surface area contributed by atoms with Crippen molar-refractivity contribution in [3.8, 4) is 16.9 Å². The fourth-order valence-corrected chi connectivity index (χ4v) is 2.67. The number of fused-ring (bicyclic) bond motifs is 1. The Morgan fingerprint density at radius 2 is 2.04 bits per heavy atom. The lowest BCUT2D eigenvalue weighted by Crippen LogP contribution is -2.01. The fraction of sp³-hybridized carbons (Fsp3) is 0.0625. The van der Waals surface area contributed by atoms with Crippen molar-refractivity contribution in [3.63, 3.8) is 0 Å². The van der Waals surface area contributed by atoms with Gasteiger partial charge in [-0.3, -0.25) is 10.1 Å². The van der Waals surface area contributed by atoms with Crippen LogP contribution in [0.1, 0.15) is 10.4 Å². The van der Waals surface area contributed by atoms with E-state index < -0.39 is 16.8 Å². The van der Waals surface area contributed by atoms with Gasteiger partial charge in [0.1, 0.15) is 27.4 Å². The molecule has 1 heterocycles. The highest BCUT2D eigenvalue weighted by Gasteiger charge is 2.26. The van der Waals surface area contributed by atoms with Crippen molar-refractivity contribution in [2.75, 3.05) is 7.11 Å². The van der Waals surface area contributed by atoms with Gasteiger partial charge in [-0.05, 0) is 35.9 Å². The number of benzene rings is 2. The highest BCUT2D eigenvalue weighted by atomic mass is 35.5. The maximum Gasteiger partial charge on any atom is 0.442 e. The van der Waals surface area contributed by atoms with Crippen LogP contribution in [-0.2, 0) is 0 Å². The summed E-state index contributed by atoms with van der Waals surface area (Å²) >= 11 is 5.97. The normalized spacial score (nSPS) is 10.8. The van der Waals surface area contributed by atoms with Crippen LogP contribution in [0.4, 0.5) is 5.88 Å². The summed E-state index contributed by atoms with van der Waals surface area (Å²) < 4.78 is 10.3. The number of aromatic carboxylic acids is 1. The van der Waals surface area contributed by atoms with Gasteiger partial charge >= 0.3 is 11.9 Å². The van der Waals surface area contributed by atoms with E-state index in [4.69, 9.17) is 20.8 Å². The molecule has 0 aliphatic heterocycles. The molecule has 0 saturated carbocycles. The van der Waals surface area contributed by atoms with Crippen molar-refractivity contribution in [1.29, 1.82) is 0 Å². The zero-order chi connectivity index (χ0) is 17.4. The monoisotopic (exact) mass is 347 g/mol. The Balaban J connectivity index is 2.34. The summed E-state index contributed by atoms with van der Waals surface area (Å²) in [5.41, 5.74) is 0.665. The summed E-state index contributed by atoms with van der Waals surface area (Å²) in [6.45, 7) is 0. The summed E-state index contributed by atoms with van der Waals surface area (Å²) in [5.74, 6) is -1.53. The second kappa shape index (κ2) is 5.86. The van der Waals surface area contributed by atoms with Gasteiger partial charge in [0.15, 0.2) is 0 Å². The minimum atomic E-state index is -1.21. The topological polar surface area (TPSA) is 103 Å². The average Bonchev–Trinajstić information content (AvgIpc) is 2.93. The van der Waals surface area contributed by atoms with Crippen molar-refractivity contribution >= 4 is 34.4 Å². The molecule has 1 N–H and O–H groups in total. The van der Waals surface area contributed by atoms with Crippen LogP contribution in [0.5, 0.6) is 5.75 Å². The van der Waals surface area contributed by atoms with E-state index in [2.05, 4.69) is 0 Å². The van der Waals surface area contributed by atoms with Gasteiger partial charge in [0.25, 0.3) is 0 Å². The van der Waals surface area contributed by atoms with Crippen LogP contribution in [0.3, 0.4) is 0 Å². The Hall–Kier alpha value is -3.06. The van der Waals surface area contributed by atoms with E-state index in [1.165, 1.54) is 37.4 Å². The Morgan fingerprint density at radius 3 is 2.67 bits per heavy atom. The molecule has 0 bridgehead atoms. The van der Waals surface area contributed by atoms with E-state index >= 15 is 0 Å². The summed E-state index contributed by atoms with van der Waals surface area (Å²) in [6, 6.07) is 8.88. The van der Waals surface area contributed by atoms with Crippen molar-refractivity contribution in [2.24, 2.45) is 0 Å². The third-order valence-electron chi connectivity index (χ3n) is 3.52. The van der Waals surface area contributed by atoms with Crippen molar-refractivity contribution in [3.05, 3.63) is 57.1 Å². The second-order valence-corrected chi connectivity index (χ2v) is 5.34. The number of methoxy groups -OCH3 is 1. The van der Waals surface area contributed by atoms with E-state index in [9.17, 15) is 20.0 Å². The van der Waals surface area contributed by atoms with Gasteiger partial charge in [-0.2, -0.15) is 0 Å². The van der Waals surface area contributed by atoms with Crippen LogP contribution in [0.25, 0.3) is 22.1 Å². The molecule has 0 amide bonds. The quantitative estimate of drug-likeness (QED) is 0.555. The zero-order valence-electron chi connectivity index (χ0n) is 12.3. The minimum absolute atomic E-state index is 0.110. The molecule has 7 nitrogen and oxygen atoms in total. The number of furan rings is 1. The van der Waals surface area contributed by atoms with Crippen LogP contribution in [0.2, 0.25) is 5.02 Å². The van der Waals surface area contributed by atoms with Crippen LogP contribution in [0.15, 0.2) is 40.8 Å². The van der Waals surface area contributed by atoms with Crippen molar-refractivity contribution in [1.82, 2.24) is 0 Å². The summed E-state index contributed by atoms with van der Waals surface area (Å²) in [7, 11) is 1.34. The molecular weight excluding hydrogens is 338 g/mol. The first-order valence-corrected chi connectivity index (χ1v) is 7.08. The number of rotatable bonds is 4. The Morgan fingerprint density at radius 1 is 1.29 bits per heavy atom. The largest absolute Gasteiger partial charge is 0.496 e. The van der Waals surface area contributed by atoms with E-state index in [-0.39, 0.29) is 22.5 Å². The molecule has 24 heavy (non-hydrogen) atoms. The lowest BCUT2D eigenvalue weighted by atomic mass is 10.0. The van der Waals surface area contributed by atoms with Crippen LogP contribution >= 0.6 is 11.6 Å². The lowest BCUT2D eigenvalue weighted by Gasteiger charge is -2.07. The molecule has 2 aromatic carbocycles. The maximum absolute atomic E-state index is 11.4. The molecule has 122 valence electrons. The molecule has 0 atom stereocenters. The van der Waals surface area contributed by atoms with E-state index in [0.29, 0.717) is 16.0 Å².